The molecule has 192 valence electrons. The number of sulfonamides is 1. The minimum Gasteiger partial charge on any atom is -0.259 e. The number of nitrogens with one attached hydrogen (secondary N) is 1. The van der Waals surface area contributed by atoms with Gasteiger partial charge in [-0.2, -0.15) is 17.9 Å². The van der Waals surface area contributed by atoms with Crippen LogP contribution in [0.5, 0.6) is 0 Å². The fourth-order valence-electron chi connectivity index (χ4n) is 4.00. The molecule has 10 heteroatoms. The highest BCUT2D eigenvalue weighted by molar-refractivity contribution is 7.89. The van der Waals surface area contributed by atoms with E-state index in [4.69, 9.17) is 23.2 Å². The van der Waals surface area contributed by atoms with Crippen LogP contribution in [0.25, 0.3) is 0 Å². The van der Waals surface area contributed by atoms with Gasteiger partial charge in [0.15, 0.2) is 0 Å². The van der Waals surface area contributed by atoms with Crippen LogP contribution in [0.15, 0.2) is 96.0 Å². The van der Waals surface area contributed by atoms with Gasteiger partial charge in [-0.3, -0.25) is 4.98 Å². The molecule has 0 spiro atoms. The van der Waals surface area contributed by atoms with Crippen LogP contribution in [0.1, 0.15) is 27.9 Å². The topological polar surface area (TPSA) is 59.1 Å². The Balaban J connectivity index is 2.00. The molecule has 0 radical (unpaired) electrons. The maximum absolute atomic E-state index is 13.7. The van der Waals surface area contributed by atoms with E-state index in [1.165, 1.54) is 36.5 Å². The smallest absolute Gasteiger partial charge is 0.259 e. The van der Waals surface area contributed by atoms with E-state index in [1.807, 2.05) is 0 Å². The number of alkyl halides is 3. The lowest BCUT2D eigenvalue weighted by molar-refractivity contribution is -0.137. The first-order chi connectivity index (χ1) is 17.4. The summed E-state index contributed by atoms with van der Waals surface area (Å²) in [6, 6.07) is 20.6. The maximum atomic E-state index is 13.7. The molecule has 0 fully saturated rings. The standard InChI is InChI=1S/C27H21Cl2F3N2O2S/c1-18-10-13-25(33-17-18)26(16-19-6-3-2-4-7-19,20-8-5-9-21(14-20)27(30,31)32)34-37(35,36)22-11-12-23(28)24(29)15-22/h2-15,17,34H,16H2,1H3. The Bertz CT molecular complexity index is 1510. The second-order valence-electron chi connectivity index (χ2n) is 8.55. The van der Waals surface area contributed by atoms with E-state index < -0.39 is 27.3 Å². The summed E-state index contributed by atoms with van der Waals surface area (Å²) >= 11 is 12.1. The van der Waals surface area contributed by atoms with Crippen LogP contribution in [-0.2, 0) is 28.2 Å². The molecule has 0 saturated heterocycles. The number of aromatic nitrogens is 1. The van der Waals surface area contributed by atoms with Crippen molar-refractivity contribution in [3.8, 4) is 0 Å². The van der Waals surface area contributed by atoms with Gasteiger partial charge in [0.25, 0.3) is 0 Å². The Morgan fingerprint density at radius 2 is 1.54 bits per heavy atom. The van der Waals surface area contributed by atoms with E-state index in [-0.39, 0.29) is 32.6 Å². The minimum absolute atomic E-state index is 0.0192. The molecule has 1 heterocycles. The lowest BCUT2D eigenvalue weighted by atomic mass is 9.81. The third kappa shape index (κ3) is 5.99. The lowest BCUT2D eigenvalue weighted by Gasteiger charge is -2.35. The second kappa shape index (κ2) is 10.5. The number of benzene rings is 3. The number of hydrogen-bond donors (Lipinski definition) is 1. The molecule has 0 bridgehead atoms. The fourth-order valence-corrected chi connectivity index (χ4v) is 5.76. The summed E-state index contributed by atoms with van der Waals surface area (Å²) in [7, 11) is -4.35. The largest absolute Gasteiger partial charge is 0.416 e. The molecule has 0 aliphatic rings. The number of nitrogens with zero attached hydrogens (tertiary/aromatic N) is 1. The zero-order chi connectivity index (χ0) is 26.8. The Labute approximate surface area is 223 Å². The van der Waals surface area contributed by atoms with Crippen molar-refractivity contribution in [3.05, 3.63) is 129 Å². The summed E-state index contributed by atoms with van der Waals surface area (Å²) in [6.07, 6.45) is -3.13. The normalized spacial score (nSPS) is 13.8. The molecule has 0 aliphatic heterocycles. The molecule has 0 aliphatic carbocycles. The summed E-state index contributed by atoms with van der Waals surface area (Å²) in [5.74, 6) is 0. The van der Waals surface area contributed by atoms with Gasteiger partial charge in [0.2, 0.25) is 10.0 Å². The predicted molar refractivity (Wildman–Crippen MR) is 138 cm³/mol. The molecule has 1 N–H and O–H groups in total. The highest BCUT2D eigenvalue weighted by Gasteiger charge is 2.42. The van der Waals surface area contributed by atoms with Crippen molar-refractivity contribution in [1.82, 2.24) is 9.71 Å². The van der Waals surface area contributed by atoms with Crippen molar-refractivity contribution in [3.63, 3.8) is 0 Å². The monoisotopic (exact) mass is 564 g/mol. The molecule has 4 rings (SSSR count). The van der Waals surface area contributed by atoms with E-state index in [9.17, 15) is 21.6 Å². The van der Waals surface area contributed by atoms with E-state index in [2.05, 4.69) is 9.71 Å². The van der Waals surface area contributed by atoms with Crippen molar-refractivity contribution < 1.29 is 21.6 Å². The summed E-state index contributed by atoms with van der Waals surface area (Å²) in [6.45, 7) is 1.81. The third-order valence-corrected chi connectivity index (χ3v) is 8.08. The summed E-state index contributed by atoms with van der Waals surface area (Å²) in [4.78, 5) is 4.27. The van der Waals surface area contributed by atoms with Gasteiger partial charge in [-0.05, 0) is 60.0 Å². The molecule has 4 nitrogen and oxygen atoms in total. The number of pyridine rings is 1. The molecule has 1 aromatic heterocycles. The third-order valence-electron chi connectivity index (χ3n) is 5.85. The molecule has 0 amide bonds. The molecule has 4 aromatic rings. The summed E-state index contributed by atoms with van der Waals surface area (Å²) < 4.78 is 71.4. The van der Waals surface area contributed by atoms with Crippen molar-refractivity contribution in [2.24, 2.45) is 0 Å². The molecule has 1 atom stereocenters. The average Bonchev–Trinajstić information content (AvgIpc) is 2.85. The average molecular weight is 565 g/mol. The molecule has 3 aromatic carbocycles. The van der Waals surface area contributed by atoms with Gasteiger partial charge in [0.1, 0.15) is 5.54 Å². The molecule has 0 saturated carbocycles. The molecular formula is C27H21Cl2F3N2O2S. The van der Waals surface area contributed by atoms with Crippen molar-refractivity contribution in [2.75, 3.05) is 0 Å². The number of aryl methyl sites for hydroxylation is 1. The van der Waals surface area contributed by atoms with E-state index in [1.54, 1.807) is 49.4 Å². The van der Waals surface area contributed by atoms with Crippen LogP contribution in [0.4, 0.5) is 13.2 Å². The van der Waals surface area contributed by atoms with Gasteiger partial charge in [0, 0.05) is 12.6 Å². The maximum Gasteiger partial charge on any atom is 0.416 e. The predicted octanol–water partition coefficient (Wildman–Crippen LogP) is 7.18. The minimum atomic E-state index is -4.64. The molecule has 37 heavy (non-hydrogen) atoms. The van der Waals surface area contributed by atoms with Gasteiger partial charge in [-0.25, -0.2) is 8.42 Å². The first-order valence-electron chi connectivity index (χ1n) is 11.0. The van der Waals surface area contributed by atoms with Gasteiger partial charge in [-0.1, -0.05) is 71.7 Å². The van der Waals surface area contributed by atoms with E-state index in [0.29, 0.717) is 5.56 Å². The SMILES string of the molecule is Cc1ccc(C(Cc2ccccc2)(NS(=O)(=O)c2ccc(Cl)c(Cl)c2)c2cccc(C(F)(F)F)c2)nc1. The Kier molecular flexibility index (Phi) is 7.67. The van der Waals surface area contributed by atoms with Crippen LogP contribution in [0.3, 0.4) is 0 Å². The van der Waals surface area contributed by atoms with E-state index in [0.717, 1.165) is 17.7 Å². The zero-order valence-electron chi connectivity index (χ0n) is 19.4. The van der Waals surface area contributed by atoms with Crippen LogP contribution in [0.2, 0.25) is 10.0 Å². The number of hydrogen-bond acceptors (Lipinski definition) is 3. The van der Waals surface area contributed by atoms with Crippen LogP contribution in [-0.4, -0.2) is 13.4 Å². The van der Waals surface area contributed by atoms with Crippen LogP contribution < -0.4 is 4.72 Å². The van der Waals surface area contributed by atoms with Gasteiger partial charge >= 0.3 is 6.18 Å². The highest BCUT2D eigenvalue weighted by atomic mass is 35.5. The Morgan fingerprint density at radius 3 is 2.16 bits per heavy atom. The molecular weight excluding hydrogens is 544 g/mol. The lowest BCUT2D eigenvalue weighted by Crippen LogP contribution is -2.49. The zero-order valence-corrected chi connectivity index (χ0v) is 21.8. The first-order valence-corrected chi connectivity index (χ1v) is 13.3. The quantitative estimate of drug-likeness (QED) is 0.258. The summed E-state index contributed by atoms with van der Waals surface area (Å²) in [5.41, 5.74) is -0.839. The van der Waals surface area contributed by atoms with Crippen molar-refractivity contribution >= 4 is 33.2 Å². The second-order valence-corrected chi connectivity index (χ2v) is 11.0. The van der Waals surface area contributed by atoms with Gasteiger partial charge < -0.3 is 0 Å². The summed E-state index contributed by atoms with van der Waals surface area (Å²) in [5, 5.41) is 0.181. The Hall–Kier alpha value is -2.91. The van der Waals surface area contributed by atoms with Crippen molar-refractivity contribution in [2.45, 2.75) is 30.0 Å². The van der Waals surface area contributed by atoms with E-state index >= 15 is 0 Å². The first kappa shape index (κ1) is 27.1. The van der Waals surface area contributed by atoms with Gasteiger partial charge in [-0.15, -0.1) is 0 Å². The Morgan fingerprint density at radius 1 is 0.838 bits per heavy atom. The van der Waals surface area contributed by atoms with Gasteiger partial charge in [0.05, 0.1) is 26.2 Å². The highest BCUT2D eigenvalue weighted by Crippen LogP contribution is 2.38. The van der Waals surface area contributed by atoms with Crippen molar-refractivity contribution in [1.29, 1.82) is 0 Å². The number of halogens is 5. The van der Waals surface area contributed by atoms with Crippen LogP contribution in [0, 0.1) is 6.92 Å². The molecule has 1 unspecified atom stereocenters. The number of rotatable bonds is 7. The van der Waals surface area contributed by atoms with Crippen LogP contribution >= 0.6 is 23.2 Å². The fraction of sp³-hybridized carbons (Fsp3) is 0.148.